The highest BCUT2D eigenvalue weighted by atomic mass is 19.3. The Hall–Kier alpha value is -2.22. The fourth-order valence-electron chi connectivity index (χ4n) is 2.02. The van der Waals surface area contributed by atoms with E-state index in [1.54, 1.807) is 0 Å². The van der Waals surface area contributed by atoms with Crippen molar-refractivity contribution >= 4 is 17.6 Å². The van der Waals surface area contributed by atoms with Gasteiger partial charge in [-0.15, -0.1) is 0 Å². The molecule has 0 aliphatic rings. The maximum atomic E-state index is 12.0. The molecule has 1 amide bonds. The van der Waals surface area contributed by atoms with E-state index >= 15 is 0 Å². The Morgan fingerprint density at radius 1 is 1.21 bits per heavy atom. The van der Waals surface area contributed by atoms with Gasteiger partial charge in [0.25, 0.3) is 0 Å². The Morgan fingerprint density at radius 2 is 1.88 bits per heavy atom. The van der Waals surface area contributed by atoms with Crippen molar-refractivity contribution in [3.8, 4) is 5.75 Å². The van der Waals surface area contributed by atoms with Crippen LogP contribution in [0, 0.1) is 0 Å². The Balaban J connectivity index is 2.48. The van der Waals surface area contributed by atoms with E-state index in [0.29, 0.717) is 12.2 Å². The summed E-state index contributed by atoms with van der Waals surface area (Å²) < 4.78 is 28.3. The number of carboxylic acid groups (broad SMARTS) is 1. The largest absolute Gasteiger partial charge is 0.480 e. The first kappa shape index (κ1) is 19.8. The normalized spacial score (nSPS) is 12.0. The Kier molecular flexibility index (Phi) is 8.70. The van der Waals surface area contributed by atoms with E-state index in [4.69, 9.17) is 5.11 Å². The second-order valence-electron chi connectivity index (χ2n) is 5.21. The molecule has 1 aromatic carbocycles. The van der Waals surface area contributed by atoms with Crippen LogP contribution in [0.25, 0.3) is 0 Å². The molecular formula is C16H22F2N2O4. The molecule has 3 N–H and O–H groups in total. The lowest BCUT2D eigenvalue weighted by Gasteiger charge is -2.14. The number of carboxylic acids is 1. The molecule has 1 rings (SSSR count). The molecule has 1 atom stereocenters. The molecule has 0 aromatic heterocycles. The minimum Gasteiger partial charge on any atom is -0.480 e. The predicted molar refractivity (Wildman–Crippen MR) is 85.3 cm³/mol. The van der Waals surface area contributed by atoms with Crippen LogP contribution >= 0.6 is 0 Å². The first-order valence-corrected chi connectivity index (χ1v) is 7.73. The van der Waals surface area contributed by atoms with Crippen LogP contribution in [0.3, 0.4) is 0 Å². The van der Waals surface area contributed by atoms with Gasteiger partial charge >= 0.3 is 12.6 Å². The first-order valence-electron chi connectivity index (χ1n) is 7.73. The van der Waals surface area contributed by atoms with Crippen LogP contribution in [0.15, 0.2) is 24.3 Å². The lowest BCUT2D eigenvalue weighted by molar-refractivity contribution is -0.141. The zero-order chi connectivity index (χ0) is 17.9. The Morgan fingerprint density at radius 3 is 2.42 bits per heavy atom. The van der Waals surface area contributed by atoms with E-state index in [9.17, 15) is 18.4 Å². The van der Waals surface area contributed by atoms with Crippen molar-refractivity contribution in [2.45, 2.75) is 45.3 Å². The highest BCUT2D eigenvalue weighted by molar-refractivity contribution is 5.94. The van der Waals surface area contributed by atoms with Gasteiger partial charge in [-0.1, -0.05) is 19.8 Å². The monoisotopic (exact) mass is 344 g/mol. The summed E-state index contributed by atoms with van der Waals surface area (Å²) in [7, 11) is 0. The van der Waals surface area contributed by atoms with Crippen LogP contribution < -0.4 is 15.4 Å². The molecule has 1 unspecified atom stereocenters. The van der Waals surface area contributed by atoms with E-state index in [1.165, 1.54) is 24.3 Å². The molecule has 0 heterocycles. The summed E-state index contributed by atoms with van der Waals surface area (Å²) in [4.78, 5) is 23.1. The summed E-state index contributed by atoms with van der Waals surface area (Å²) in [5.41, 5.74) is 0.372. The average molecular weight is 344 g/mol. The molecule has 0 saturated heterocycles. The van der Waals surface area contributed by atoms with E-state index in [2.05, 4.69) is 15.4 Å². The van der Waals surface area contributed by atoms with E-state index in [1.807, 2.05) is 6.92 Å². The summed E-state index contributed by atoms with van der Waals surface area (Å²) in [5.74, 6) is -1.60. The molecular weight excluding hydrogens is 322 g/mol. The number of halogens is 2. The van der Waals surface area contributed by atoms with Gasteiger partial charge in [-0.25, -0.2) is 0 Å². The number of hydrogen-bond acceptors (Lipinski definition) is 4. The summed E-state index contributed by atoms with van der Waals surface area (Å²) in [5, 5.41) is 14.5. The first-order chi connectivity index (χ1) is 11.4. The standard InChI is InChI=1S/C16H22F2N2O4/c1-2-3-4-9-19-13(15(22)23)10-14(21)20-11-5-7-12(8-6-11)24-16(17)18/h5-8,13,16,19H,2-4,9-10H2,1H3,(H,20,21)(H,22,23). The van der Waals surface area contributed by atoms with Crippen molar-refractivity contribution in [1.29, 1.82) is 0 Å². The molecule has 6 nitrogen and oxygen atoms in total. The number of hydrogen-bond donors (Lipinski definition) is 3. The third kappa shape index (κ3) is 7.87. The van der Waals surface area contributed by atoms with Crippen molar-refractivity contribution in [3.63, 3.8) is 0 Å². The van der Waals surface area contributed by atoms with Gasteiger partial charge in [0.05, 0.1) is 6.42 Å². The number of rotatable bonds is 11. The number of anilines is 1. The van der Waals surface area contributed by atoms with Gasteiger partial charge in [-0.05, 0) is 37.2 Å². The van der Waals surface area contributed by atoms with Crippen LogP contribution in [0.4, 0.5) is 14.5 Å². The summed E-state index contributed by atoms with van der Waals surface area (Å²) in [6, 6.07) is 4.42. The fraction of sp³-hybridized carbons (Fsp3) is 0.500. The van der Waals surface area contributed by atoms with Crippen LogP contribution in [-0.2, 0) is 9.59 Å². The highest BCUT2D eigenvalue weighted by Gasteiger charge is 2.20. The van der Waals surface area contributed by atoms with Gasteiger partial charge in [0, 0.05) is 5.69 Å². The molecule has 8 heteroatoms. The molecule has 0 saturated carbocycles. The van der Waals surface area contributed by atoms with Gasteiger partial charge in [-0.3, -0.25) is 9.59 Å². The fourth-order valence-corrected chi connectivity index (χ4v) is 2.02. The number of benzene rings is 1. The summed E-state index contributed by atoms with van der Waals surface area (Å²) >= 11 is 0. The summed E-state index contributed by atoms with van der Waals surface area (Å²) in [6.07, 6.45) is 2.62. The Labute approximate surface area is 139 Å². The van der Waals surface area contributed by atoms with Crippen LogP contribution in [-0.4, -0.2) is 36.2 Å². The number of ether oxygens (including phenoxy) is 1. The van der Waals surface area contributed by atoms with E-state index in [-0.39, 0.29) is 12.2 Å². The van der Waals surface area contributed by atoms with Crippen molar-refractivity contribution in [2.75, 3.05) is 11.9 Å². The zero-order valence-electron chi connectivity index (χ0n) is 13.4. The molecule has 0 aliphatic heterocycles. The third-order valence-electron chi connectivity index (χ3n) is 3.22. The van der Waals surface area contributed by atoms with Crippen molar-refractivity contribution in [3.05, 3.63) is 24.3 Å². The van der Waals surface area contributed by atoms with E-state index < -0.39 is 24.5 Å². The van der Waals surface area contributed by atoms with Crippen LogP contribution in [0.2, 0.25) is 0 Å². The third-order valence-corrected chi connectivity index (χ3v) is 3.22. The SMILES string of the molecule is CCCCCNC(CC(=O)Nc1ccc(OC(F)F)cc1)C(=O)O. The smallest absolute Gasteiger partial charge is 0.387 e. The number of aliphatic carboxylic acids is 1. The second-order valence-corrected chi connectivity index (χ2v) is 5.21. The number of alkyl halides is 2. The van der Waals surface area contributed by atoms with Crippen molar-refractivity contribution in [2.24, 2.45) is 0 Å². The predicted octanol–water partition coefficient (Wildman–Crippen LogP) is 2.85. The number of nitrogens with one attached hydrogen (secondary N) is 2. The minimum absolute atomic E-state index is 0.0241. The van der Waals surface area contributed by atoms with Gasteiger partial charge in [0.1, 0.15) is 11.8 Å². The molecule has 134 valence electrons. The minimum atomic E-state index is -2.92. The lowest BCUT2D eigenvalue weighted by Crippen LogP contribution is -2.40. The number of unbranched alkanes of at least 4 members (excludes halogenated alkanes) is 2. The zero-order valence-corrected chi connectivity index (χ0v) is 13.4. The van der Waals surface area contributed by atoms with Gasteiger partial charge in [-0.2, -0.15) is 8.78 Å². The lowest BCUT2D eigenvalue weighted by atomic mass is 10.1. The van der Waals surface area contributed by atoms with Crippen LogP contribution in [0.1, 0.15) is 32.6 Å². The van der Waals surface area contributed by atoms with Gasteiger partial charge in [0.2, 0.25) is 5.91 Å². The highest BCUT2D eigenvalue weighted by Crippen LogP contribution is 2.17. The molecule has 1 aromatic rings. The van der Waals surface area contributed by atoms with Crippen molar-refractivity contribution < 1.29 is 28.2 Å². The van der Waals surface area contributed by atoms with Crippen LogP contribution in [0.5, 0.6) is 5.75 Å². The molecule has 0 aliphatic carbocycles. The summed E-state index contributed by atoms with van der Waals surface area (Å²) in [6.45, 7) is -0.349. The van der Waals surface area contributed by atoms with E-state index in [0.717, 1.165) is 19.3 Å². The quantitative estimate of drug-likeness (QED) is 0.537. The molecule has 24 heavy (non-hydrogen) atoms. The number of carbonyl (C=O) groups is 2. The van der Waals surface area contributed by atoms with Gasteiger partial charge < -0.3 is 20.5 Å². The average Bonchev–Trinajstić information content (AvgIpc) is 2.51. The Bertz CT molecular complexity index is 523. The topological polar surface area (TPSA) is 87.7 Å². The number of carbonyl (C=O) groups excluding carboxylic acids is 1. The molecule has 0 bridgehead atoms. The molecule has 0 fully saturated rings. The van der Waals surface area contributed by atoms with Crippen molar-refractivity contribution in [1.82, 2.24) is 5.32 Å². The second kappa shape index (κ2) is 10.5. The number of amides is 1. The molecule has 0 radical (unpaired) electrons. The maximum absolute atomic E-state index is 12.0. The molecule has 0 spiro atoms. The maximum Gasteiger partial charge on any atom is 0.387 e. The van der Waals surface area contributed by atoms with Gasteiger partial charge in [0.15, 0.2) is 0 Å².